The first-order chi connectivity index (χ1) is 6.19. The lowest BCUT2D eigenvalue weighted by molar-refractivity contribution is 0.0600. The summed E-state index contributed by atoms with van der Waals surface area (Å²) in [4.78, 5) is 11.9. The molecule has 0 aliphatic heterocycles. The minimum absolute atomic E-state index is 0.362. The first kappa shape index (κ1) is 10.9. The fourth-order valence-corrected chi connectivity index (χ4v) is 2.27. The predicted octanol–water partition coefficient (Wildman–Crippen LogP) is 3.48. The zero-order valence-electron chi connectivity index (χ0n) is 6.71. The number of benzene rings is 1. The number of ether oxygens (including phenoxy) is 1. The van der Waals surface area contributed by atoms with E-state index in [4.69, 9.17) is 10.7 Å². The lowest BCUT2D eigenvalue weighted by Crippen LogP contribution is -2.00. The van der Waals surface area contributed by atoms with Crippen molar-refractivity contribution in [2.45, 2.75) is 4.90 Å². The number of hydrogen-bond donors (Lipinski definition) is 0. The molecular formula is C8H6BrClO2S. The van der Waals surface area contributed by atoms with Gasteiger partial charge in [-0.05, 0) is 55.8 Å². The average Bonchev–Trinajstić information content (AvgIpc) is 2.17. The third-order valence-electron chi connectivity index (χ3n) is 1.44. The molecule has 0 atom stereocenters. The highest BCUT2D eigenvalue weighted by Crippen LogP contribution is 2.31. The summed E-state index contributed by atoms with van der Waals surface area (Å²) in [6.07, 6.45) is 0. The van der Waals surface area contributed by atoms with Crippen LogP contribution in [0, 0.1) is 0 Å². The van der Waals surface area contributed by atoms with Crippen molar-refractivity contribution in [2.75, 3.05) is 7.11 Å². The molecule has 0 saturated carbocycles. The lowest BCUT2D eigenvalue weighted by atomic mass is 10.2. The number of hydrogen-bond acceptors (Lipinski definition) is 3. The second kappa shape index (κ2) is 4.88. The molecule has 13 heavy (non-hydrogen) atoms. The summed E-state index contributed by atoms with van der Waals surface area (Å²) in [6, 6.07) is 5.11. The number of rotatable bonds is 2. The van der Waals surface area contributed by atoms with Crippen LogP contribution in [0.2, 0.25) is 0 Å². The Morgan fingerprint density at radius 3 is 2.85 bits per heavy atom. The maximum atomic E-state index is 11.1. The standard InChI is InChI=1S/C8H6BrClO2S/c1-12-8(11)5-2-3-6(9)7(4-5)13-10/h2-4H,1H3. The van der Waals surface area contributed by atoms with Gasteiger partial charge in [0.1, 0.15) is 0 Å². The molecule has 0 fully saturated rings. The van der Waals surface area contributed by atoms with E-state index in [1.165, 1.54) is 7.11 Å². The van der Waals surface area contributed by atoms with Gasteiger partial charge in [-0.25, -0.2) is 4.79 Å². The molecule has 1 rings (SSSR count). The molecule has 0 N–H and O–H groups in total. The van der Waals surface area contributed by atoms with Gasteiger partial charge in [-0.3, -0.25) is 0 Å². The first-order valence-corrected chi connectivity index (χ1v) is 5.79. The van der Waals surface area contributed by atoms with Crippen molar-refractivity contribution in [3.05, 3.63) is 28.2 Å². The lowest BCUT2D eigenvalue weighted by Gasteiger charge is -2.02. The molecule has 0 radical (unpaired) electrons. The Kier molecular flexibility index (Phi) is 4.09. The van der Waals surface area contributed by atoms with Gasteiger partial charge in [-0.1, -0.05) is 0 Å². The van der Waals surface area contributed by atoms with Crippen LogP contribution in [0.5, 0.6) is 0 Å². The van der Waals surface area contributed by atoms with Crippen LogP contribution in [0.15, 0.2) is 27.6 Å². The highest BCUT2D eigenvalue weighted by atomic mass is 79.9. The van der Waals surface area contributed by atoms with Gasteiger partial charge in [0.2, 0.25) is 0 Å². The molecule has 70 valence electrons. The van der Waals surface area contributed by atoms with E-state index in [1.807, 2.05) is 0 Å². The molecule has 5 heteroatoms. The van der Waals surface area contributed by atoms with Gasteiger partial charge in [0.25, 0.3) is 0 Å². The summed E-state index contributed by atoms with van der Waals surface area (Å²) in [5.74, 6) is -0.362. The van der Waals surface area contributed by atoms with Crippen molar-refractivity contribution < 1.29 is 9.53 Å². The molecule has 0 heterocycles. The molecule has 1 aromatic rings. The summed E-state index contributed by atoms with van der Waals surface area (Å²) in [5, 5.41) is 0. The van der Waals surface area contributed by atoms with Gasteiger partial charge < -0.3 is 4.74 Å². The van der Waals surface area contributed by atoms with Crippen molar-refractivity contribution in [1.29, 1.82) is 0 Å². The molecule has 2 nitrogen and oxygen atoms in total. The van der Waals surface area contributed by atoms with E-state index in [1.54, 1.807) is 18.2 Å². The number of halogens is 2. The molecule has 0 bridgehead atoms. The minimum Gasteiger partial charge on any atom is -0.465 e. The summed E-state index contributed by atoms with van der Waals surface area (Å²) in [5.41, 5.74) is 0.494. The van der Waals surface area contributed by atoms with Crippen LogP contribution in [-0.2, 0) is 4.74 Å². The topological polar surface area (TPSA) is 26.3 Å². The Hall–Kier alpha value is -0.190. The number of carbonyl (C=O) groups is 1. The first-order valence-electron chi connectivity index (χ1n) is 3.35. The molecule has 0 saturated heterocycles. The molecule has 0 aliphatic carbocycles. The molecule has 0 unspecified atom stereocenters. The summed E-state index contributed by atoms with van der Waals surface area (Å²) >= 11 is 3.30. The van der Waals surface area contributed by atoms with Crippen molar-refractivity contribution >= 4 is 43.6 Å². The fraction of sp³-hybridized carbons (Fsp3) is 0.125. The maximum absolute atomic E-state index is 11.1. The normalized spacial score (nSPS) is 9.77. The van der Waals surface area contributed by atoms with Gasteiger partial charge in [-0.15, -0.1) is 0 Å². The van der Waals surface area contributed by atoms with Crippen LogP contribution in [0.25, 0.3) is 0 Å². The SMILES string of the molecule is COC(=O)c1ccc(Br)c(SCl)c1. The number of esters is 1. The number of methoxy groups -OCH3 is 1. The Morgan fingerprint density at radius 1 is 1.62 bits per heavy atom. The predicted molar refractivity (Wildman–Crippen MR) is 57.2 cm³/mol. The van der Waals surface area contributed by atoms with Crippen LogP contribution in [0.4, 0.5) is 0 Å². The zero-order valence-corrected chi connectivity index (χ0v) is 9.87. The van der Waals surface area contributed by atoms with E-state index in [9.17, 15) is 4.79 Å². The second-order valence-corrected chi connectivity index (χ2v) is 4.13. The fourth-order valence-electron chi connectivity index (χ4n) is 0.807. The molecule has 0 aliphatic rings. The van der Waals surface area contributed by atoms with Crippen molar-refractivity contribution in [3.8, 4) is 0 Å². The van der Waals surface area contributed by atoms with Crippen molar-refractivity contribution in [2.24, 2.45) is 0 Å². The van der Waals surface area contributed by atoms with Crippen LogP contribution in [0.1, 0.15) is 10.4 Å². The quantitative estimate of drug-likeness (QED) is 0.776. The van der Waals surface area contributed by atoms with Crippen molar-refractivity contribution in [3.63, 3.8) is 0 Å². The van der Waals surface area contributed by atoms with E-state index >= 15 is 0 Å². The Bertz CT molecular complexity index is 330. The largest absolute Gasteiger partial charge is 0.465 e. The summed E-state index contributed by atoms with van der Waals surface area (Å²) in [6.45, 7) is 0. The van der Waals surface area contributed by atoms with Gasteiger partial charge in [0.05, 0.1) is 12.7 Å². The Balaban J connectivity index is 3.06. The average molecular weight is 282 g/mol. The third kappa shape index (κ3) is 2.62. The zero-order chi connectivity index (χ0) is 9.84. The van der Waals surface area contributed by atoms with E-state index < -0.39 is 0 Å². The third-order valence-corrected chi connectivity index (χ3v) is 3.39. The Labute approximate surface area is 93.2 Å². The highest BCUT2D eigenvalue weighted by Gasteiger charge is 2.08. The van der Waals surface area contributed by atoms with Gasteiger partial charge >= 0.3 is 5.97 Å². The Morgan fingerprint density at radius 2 is 2.31 bits per heavy atom. The van der Waals surface area contributed by atoms with E-state index in [-0.39, 0.29) is 5.97 Å². The molecule has 1 aromatic carbocycles. The van der Waals surface area contributed by atoms with E-state index in [0.29, 0.717) is 5.56 Å². The highest BCUT2D eigenvalue weighted by molar-refractivity contribution is 9.10. The van der Waals surface area contributed by atoms with Crippen molar-refractivity contribution in [1.82, 2.24) is 0 Å². The molecule has 0 amide bonds. The van der Waals surface area contributed by atoms with Crippen LogP contribution in [-0.4, -0.2) is 13.1 Å². The summed E-state index contributed by atoms with van der Waals surface area (Å²) < 4.78 is 5.43. The van der Waals surface area contributed by atoms with Gasteiger partial charge in [0.15, 0.2) is 0 Å². The van der Waals surface area contributed by atoms with Gasteiger partial charge in [-0.2, -0.15) is 0 Å². The molecule has 0 aromatic heterocycles. The molecule has 0 spiro atoms. The second-order valence-electron chi connectivity index (χ2n) is 2.21. The van der Waals surface area contributed by atoms with Crippen LogP contribution in [0.3, 0.4) is 0 Å². The van der Waals surface area contributed by atoms with E-state index in [2.05, 4.69) is 20.7 Å². The maximum Gasteiger partial charge on any atom is 0.337 e. The monoisotopic (exact) mass is 280 g/mol. The smallest absolute Gasteiger partial charge is 0.337 e. The number of carbonyl (C=O) groups excluding carboxylic acids is 1. The van der Waals surface area contributed by atoms with Gasteiger partial charge in [0, 0.05) is 9.37 Å². The minimum atomic E-state index is -0.362. The van der Waals surface area contributed by atoms with E-state index in [0.717, 1.165) is 20.3 Å². The summed E-state index contributed by atoms with van der Waals surface area (Å²) in [7, 11) is 7.99. The van der Waals surface area contributed by atoms with Crippen LogP contribution < -0.4 is 0 Å². The molecular weight excluding hydrogens is 276 g/mol. The van der Waals surface area contributed by atoms with Crippen LogP contribution >= 0.6 is 37.6 Å².